The number of rotatable bonds is 4. The highest BCUT2D eigenvalue weighted by atomic mass is 32.1. The van der Waals surface area contributed by atoms with E-state index in [4.69, 9.17) is 15.2 Å². The van der Waals surface area contributed by atoms with Crippen LogP contribution in [0.3, 0.4) is 0 Å². The Balaban J connectivity index is 1.84. The average molecular weight is 415 g/mol. The molecule has 1 amide bonds. The van der Waals surface area contributed by atoms with E-state index in [1.165, 1.54) is 31.6 Å². The van der Waals surface area contributed by atoms with Gasteiger partial charge in [0, 0.05) is 17.4 Å². The summed E-state index contributed by atoms with van der Waals surface area (Å²) in [6.07, 6.45) is 0.373. The van der Waals surface area contributed by atoms with Crippen molar-refractivity contribution in [2.75, 3.05) is 20.0 Å². The van der Waals surface area contributed by atoms with Gasteiger partial charge in [-0.05, 0) is 24.6 Å². The summed E-state index contributed by atoms with van der Waals surface area (Å²) in [5.74, 6) is -0.651. The molecule has 0 spiro atoms. The molecule has 4 rings (SSSR count). The van der Waals surface area contributed by atoms with Gasteiger partial charge in [0.25, 0.3) is 11.1 Å². The maximum atomic E-state index is 14.5. The number of hydrogen-bond donors (Lipinski definition) is 2. The molecule has 1 atom stereocenters. The van der Waals surface area contributed by atoms with Crippen molar-refractivity contribution in [2.24, 2.45) is 0 Å². The number of nitrogens with zero attached hydrogens (tertiary/aromatic N) is 3. The number of halogens is 1. The highest BCUT2D eigenvalue weighted by Gasteiger charge is 2.31. The van der Waals surface area contributed by atoms with Gasteiger partial charge in [-0.15, -0.1) is 0 Å². The Morgan fingerprint density at radius 3 is 2.72 bits per heavy atom. The van der Waals surface area contributed by atoms with Crippen molar-refractivity contribution in [2.45, 2.75) is 19.4 Å². The molecule has 10 heteroatoms. The molecular formula is C19H18FN5O3S. The third kappa shape index (κ3) is 3.35. The number of aromatic nitrogens is 3. The number of thiazole rings is 1. The van der Waals surface area contributed by atoms with Crippen LogP contribution in [0.25, 0.3) is 11.3 Å². The van der Waals surface area contributed by atoms with Crippen LogP contribution in [0.2, 0.25) is 0 Å². The predicted molar refractivity (Wildman–Crippen MR) is 106 cm³/mol. The fourth-order valence-corrected chi connectivity index (χ4v) is 4.11. The number of nitrogen functional groups attached to an aromatic ring is 1. The smallest absolute Gasteiger partial charge is 0.273 e. The molecule has 0 bridgehead atoms. The van der Waals surface area contributed by atoms with E-state index in [2.05, 4.69) is 20.3 Å². The molecule has 150 valence electrons. The topological polar surface area (TPSA) is 112 Å². The quantitative estimate of drug-likeness (QED) is 0.674. The number of benzene rings is 1. The molecule has 1 aliphatic rings. The molecule has 3 heterocycles. The van der Waals surface area contributed by atoms with E-state index in [0.29, 0.717) is 45.4 Å². The summed E-state index contributed by atoms with van der Waals surface area (Å²) in [5, 5.41) is 5.18. The number of ether oxygens (including phenoxy) is 2. The molecule has 0 fully saturated rings. The lowest BCUT2D eigenvalue weighted by Crippen LogP contribution is -2.37. The van der Waals surface area contributed by atoms with Crippen molar-refractivity contribution < 1.29 is 18.7 Å². The summed E-state index contributed by atoms with van der Waals surface area (Å²) in [6.45, 7) is 1.71. The molecule has 3 N–H and O–H groups in total. The zero-order chi connectivity index (χ0) is 20.7. The molecule has 0 aliphatic carbocycles. The lowest BCUT2D eigenvalue weighted by atomic mass is 9.90. The van der Waals surface area contributed by atoms with Gasteiger partial charge in [0.05, 0.1) is 42.9 Å². The van der Waals surface area contributed by atoms with E-state index in [9.17, 15) is 9.18 Å². The number of carbonyl (C=O) groups is 1. The summed E-state index contributed by atoms with van der Waals surface area (Å²) < 4.78 is 24.8. The van der Waals surface area contributed by atoms with Crippen molar-refractivity contribution in [1.82, 2.24) is 20.3 Å². The molecule has 0 radical (unpaired) electrons. The highest BCUT2D eigenvalue weighted by Crippen LogP contribution is 2.38. The van der Waals surface area contributed by atoms with Crippen molar-refractivity contribution in [3.8, 4) is 22.2 Å². The normalized spacial score (nSPS) is 15.6. The third-order valence-electron chi connectivity index (χ3n) is 4.75. The van der Waals surface area contributed by atoms with E-state index in [-0.39, 0.29) is 17.6 Å². The van der Waals surface area contributed by atoms with Gasteiger partial charge in [-0.25, -0.2) is 19.3 Å². The highest BCUT2D eigenvalue weighted by molar-refractivity contribution is 7.11. The maximum absolute atomic E-state index is 14.5. The Morgan fingerprint density at radius 1 is 1.24 bits per heavy atom. The van der Waals surface area contributed by atoms with Gasteiger partial charge in [0.2, 0.25) is 5.95 Å². The molecular weight excluding hydrogens is 397 g/mol. The van der Waals surface area contributed by atoms with Crippen LogP contribution in [0.5, 0.6) is 10.9 Å². The molecule has 0 saturated carbocycles. The SMILES string of the molecule is COc1nc(-c2cc(F)c(OC)cc2C2Cc3nc(N)nc(C)c3C(=O)N2)cs1. The molecule has 29 heavy (non-hydrogen) atoms. The van der Waals surface area contributed by atoms with Crippen LogP contribution >= 0.6 is 11.3 Å². The lowest BCUT2D eigenvalue weighted by Gasteiger charge is -2.27. The number of amides is 1. The van der Waals surface area contributed by atoms with Gasteiger partial charge in [0.15, 0.2) is 11.6 Å². The summed E-state index contributed by atoms with van der Waals surface area (Å²) >= 11 is 1.30. The van der Waals surface area contributed by atoms with Crippen molar-refractivity contribution >= 4 is 23.2 Å². The van der Waals surface area contributed by atoms with Gasteiger partial charge in [-0.3, -0.25) is 4.79 Å². The molecule has 1 aliphatic heterocycles. The van der Waals surface area contributed by atoms with Crippen molar-refractivity contribution in [3.05, 3.63) is 45.8 Å². The van der Waals surface area contributed by atoms with Crippen molar-refractivity contribution in [3.63, 3.8) is 0 Å². The van der Waals surface area contributed by atoms with Gasteiger partial charge in [-0.2, -0.15) is 0 Å². The average Bonchev–Trinajstić information content (AvgIpc) is 3.16. The molecule has 1 unspecified atom stereocenters. The predicted octanol–water partition coefficient (Wildman–Crippen LogP) is 2.67. The molecule has 2 aromatic heterocycles. The van der Waals surface area contributed by atoms with E-state index >= 15 is 0 Å². The van der Waals surface area contributed by atoms with Crippen LogP contribution in [-0.2, 0) is 6.42 Å². The monoisotopic (exact) mass is 415 g/mol. The number of aryl methyl sites for hydroxylation is 1. The summed E-state index contributed by atoms with van der Waals surface area (Å²) in [6, 6.07) is 2.45. The van der Waals surface area contributed by atoms with E-state index in [1.807, 2.05) is 0 Å². The van der Waals surface area contributed by atoms with Gasteiger partial charge >= 0.3 is 0 Å². The first kappa shape index (κ1) is 19.1. The maximum Gasteiger partial charge on any atom is 0.273 e. The van der Waals surface area contributed by atoms with Crippen LogP contribution in [-0.4, -0.2) is 35.1 Å². The van der Waals surface area contributed by atoms with Gasteiger partial charge in [-0.1, -0.05) is 11.3 Å². The Hall–Kier alpha value is -3.27. The third-order valence-corrected chi connectivity index (χ3v) is 5.55. The number of carbonyl (C=O) groups excluding carboxylic acids is 1. The van der Waals surface area contributed by atoms with Crippen LogP contribution in [0.1, 0.15) is 33.4 Å². The minimum absolute atomic E-state index is 0.0735. The van der Waals surface area contributed by atoms with E-state index < -0.39 is 11.9 Å². The first-order valence-corrected chi connectivity index (χ1v) is 9.60. The molecule has 1 aromatic carbocycles. The number of fused-ring (bicyclic) bond motifs is 1. The zero-order valence-electron chi connectivity index (χ0n) is 15.9. The van der Waals surface area contributed by atoms with E-state index in [0.717, 1.165) is 0 Å². The van der Waals surface area contributed by atoms with Crippen LogP contribution in [0.15, 0.2) is 17.5 Å². The number of hydrogen-bond acceptors (Lipinski definition) is 8. The van der Waals surface area contributed by atoms with Crippen LogP contribution in [0.4, 0.5) is 10.3 Å². The van der Waals surface area contributed by atoms with E-state index in [1.54, 1.807) is 18.4 Å². The fraction of sp³-hybridized carbons (Fsp3) is 0.263. The van der Waals surface area contributed by atoms with Crippen LogP contribution in [0, 0.1) is 12.7 Å². The second-order valence-electron chi connectivity index (χ2n) is 6.50. The largest absolute Gasteiger partial charge is 0.494 e. The zero-order valence-corrected chi connectivity index (χ0v) is 16.8. The Kier molecular flexibility index (Phi) is 4.79. The summed E-state index contributed by atoms with van der Waals surface area (Å²) in [5.41, 5.74) is 8.99. The number of nitrogens with two attached hydrogens (primary N) is 1. The second kappa shape index (κ2) is 7.28. The van der Waals surface area contributed by atoms with Gasteiger partial charge < -0.3 is 20.5 Å². The Morgan fingerprint density at radius 2 is 2.03 bits per heavy atom. The molecule has 0 saturated heterocycles. The lowest BCUT2D eigenvalue weighted by molar-refractivity contribution is 0.0922. The first-order valence-electron chi connectivity index (χ1n) is 8.72. The Bertz CT molecular complexity index is 1120. The standard InChI is InChI=1S/C19H18FN5O3S/c1-8-16-13(24-18(21)22-8)6-12(23-17(16)26)10-5-15(27-2)11(20)4-9(10)14-7-29-19(25-14)28-3/h4-5,7,12H,6H2,1-3H3,(H,23,26)(H2,21,22,24). The van der Waals surface area contributed by atoms with Gasteiger partial charge in [0.1, 0.15) is 0 Å². The number of nitrogens with one attached hydrogen (secondary N) is 1. The summed E-state index contributed by atoms with van der Waals surface area (Å²) in [4.78, 5) is 25.4. The number of anilines is 1. The second-order valence-corrected chi connectivity index (χ2v) is 7.32. The molecule has 3 aromatic rings. The summed E-state index contributed by atoms with van der Waals surface area (Å²) in [7, 11) is 2.91. The van der Waals surface area contributed by atoms with Crippen molar-refractivity contribution in [1.29, 1.82) is 0 Å². The Labute approximate surface area is 169 Å². The molecule has 8 nitrogen and oxygen atoms in total. The van der Waals surface area contributed by atoms with Crippen LogP contribution < -0.4 is 20.5 Å². The minimum atomic E-state index is -0.525. The fourth-order valence-electron chi connectivity index (χ4n) is 3.47. The first-order chi connectivity index (χ1) is 13.9. The minimum Gasteiger partial charge on any atom is -0.494 e. The number of methoxy groups -OCH3 is 2.